The highest BCUT2D eigenvalue weighted by Gasteiger charge is 2.12. The van der Waals surface area contributed by atoms with Crippen LogP contribution in [0.5, 0.6) is 11.5 Å². The summed E-state index contributed by atoms with van der Waals surface area (Å²) in [5.41, 5.74) is 0.246. The van der Waals surface area contributed by atoms with Crippen LogP contribution in [0.1, 0.15) is 15.9 Å². The molecule has 0 unspecified atom stereocenters. The molecule has 0 aromatic heterocycles. The van der Waals surface area contributed by atoms with Crippen LogP contribution in [0.4, 0.5) is 5.69 Å². The Bertz CT molecular complexity index is 768. The summed E-state index contributed by atoms with van der Waals surface area (Å²) >= 11 is 3.22. The van der Waals surface area contributed by atoms with Gasteiger partial charge in [-0.2, -0.15) is 5.26 Å². The van der Waals surface area contributed by atoms with Crippen LogP contribution in [0.25, 0.3) is 0 Å². The van der Waals surface area contributed by atoms with Crippen LogP contribution >= 0.6 is 15.9 Å². The molecule has 0 saturated carbocycles. The summed E-state index contributed by atoms with van der Waals surface area (Å²) in [6.45, 7) is 0. The molecule has 0 amide bonds. The van der Waals surface area contributed by atoms with E-state index in [1.165, 1.54) is 18.2 Å². The first-order valence-electron chi connectivity index (χ1n) is 5.66. The molecular formula is C14H7BrN2O4. The van der Waals surface area contributed by atoms with Crippen molar-refractivity contribution in [2.45, 2.75) is 0 Å². The summed E-state index contributed by atoms with van der Waals surface area (Å²) in [7, 11) is 0. The summed E-state index contributed by atoms with van der Waals surface area (Å²) in [6.07, 6.45) is 0.665. The Balaban J connectivity index is 2.38. The second-order valence-electron chi connectivity index (χ2n) is 3.95. The number of nitro groups is 1. The predicted molar refractivity (Wildman–Crippen MR) is 77.4 cm³/mol. The molecule has 0 spiro atoms. The molecule has 2 aromatic rings. The Morgan fingerprint density at radius 2 is 2.05 bits per heavy atom. The molecule has 0 aliphatic heterocycles. The van der Waals surface area contributed by atoms with E-state index in [1.54, 1.807) is 12.1 Å². The molecule has 0 heterocycles. The Hall–Kier alpha value is -2.72. The SMILES string of the molecule is N#Cc1cc([N+](=O)[O-])ccc1Oc1ccc(Br)c(C=O)c1. The number of nitriles is 1. The number of non-ortho nitro benzene ring substituents is 1. The van der Waals surface area contributed by atoms with E-state index in [-0.39, 0.29) is 17.0 Å². The topological polar surface area (TPSA) is 93.2 Å². The van der Waals surface area contributed by atoms with Gasteiger partial charge >= 0.3 is 0 Å². The largest absolute Gasteiger partial charge is 0.456 e. The van der Waals surface area contributed by atoms with Gasteiger partial charge in [-0.15, -0.1) is 0 Å². The highest BCUT2D eigenvalue weighted by Crippen LogP contribution is 2.30. The van der Waals surface area contributed by atoms with Gasteiger partial charge in [0.15, 0.2) is 6.29 Å². The number of hydrogen-bond acceptors (Lipinski definition) is 5. The third-order valence-corrected chi connectivity index (χ3v) is 3.34. The number of nitrogens with zero attached hydrogens (tertiary/aromatic N) is 2. The van der Waals surface area contributed by atoms with E-state index < -0.39 is 4.92 Å². The van der Waals surface area contributed by atoms with Gasteiger partial charge in [0.05, 0.1) is 4.92 Å². The van der Waals surface area contributed by atoms with Crippen molar-refractivity contribution >= 4 is 27.9 Å². The minimum absolute atomic E-state index is 0.0415. The van der Waals surface area contributed by atoms with Gasteiger partial charge in [0.2, 0.25) is 0 Å². The number of ether oxygens (including phenoxy) is 1. The molecule has 0 N–H and O–H groups in total. The summed E-state index contributed by atoms with van der Waals surface area (Å²) in [5, 5.41) is 19.7. The lowest BCUT2D eigenvalue weighted by atomic mass is 10.2. The molecule has 0 saturated heterocycles. The normalized spacial score (nSPS) is 9.71. The second kappa shape index (κ2) is 6.15. The van der Waals surface area contributed by atoms with Gasteiger partial charge in [0, 0.05) is 22.2 Å². The van der Waals surface area contributed by atoms with Crippen molar-refractivity contribution in [3.8, 4) is 17.6 Å². The summed E-state index contributed by atoms with van der Waals surface area (Å²) in [6, 6.07) is 10.3. The maximum Gasteiger partial charge on any atom is 0.271 e. The minimum Gasteiger partial charge on any atom is -0.456 e. The van der Waals surface area contributed by atoms with Crippen molar-refractivity contribution in [2.24, 2.45) is 0 Å². The Kier molecular flexibility index (Phi) is 4.30. The lowest BCUT2D eigenvalue weighted by Crippen LogP contribution is -1.93. The lowest BCUT2D eigenvalue weighted by Gasteiger charge is -2.08. The van der Waals surface area contributed by atoms with Crippen LogP contribution in [0.3, 0.4) is 0 Å². The number of rotatable bonds is 4. The number of benzene rings is 2. The number of halogens is 1. The first-order chi connectivity index (χ1) is 10.0. The highest BCUT2D eigenvalue weighted by atomic mass is 79.9. The average Bonchev–Trinajstić information content (AvgIpc) is 2.49. The van der Waals surface area contributed by atoms with Crippen LogP contribution in [-0.2, 0) is 0 Å². The van der Waals surface area contributed by atoms with Crippen LogP contribution in [0.15, 0.2) is 40.9 Å². The van der Waals surface area contributed by atoms with Crippen molar-refractivity contribution in [3.63, 3.8) is 0 Å². The first-order valence-corrected chi connectivity index (χ1v) is 6.45. The standard InChI is InChI=1S/C14H7BrN2O4/c15-13-3-2-12(6-10(13)8-18)21-14-4-1-11(17(19)20)5-9(14)7-16/h1-6,8H. The molecule has 0 fully saturated rings. The number of carbonyl (C=O) groups excluding carboxylic acids is 1. The minimum atomic E-state index is -0.589. The molecule has 7 heteroatoms. The molecule has 0 atom stereocenters. The zero-order valence-electron chi connectivity index (χ0n) is 10.4. The predicted octanol–water partition coefficient (Wildman–Crippen LogP) is 3.83. The monoisotopic (exact) mass is 346 g/mol. The van der Waals surface area contributed by atoms with Gasteiger partial charge in [0.25, 0.3) is 5.69 Å². The molecule has 0 aliphatic carbocycles. The average molecular weight is 347 g/mol. The van der Waals surface area contributed by atoms with E-state index in [1.807, 2.05) is 6.07 Å². The molecule has 104 valence electrons. The smallest absolute Gasteiger partial charge is 0.271 e. The lowest BCUT2D eigenvalue weighted by molar-refractivity contribution is -0.384. The van der Waals surface area contributed by atoms with E-state index in [0.717, 1.165) is 6.07 Å². The fraction of sp³-hybridized carbons (Fsp3) is 0. The van der Waals surface area contributed by atoms with E-state index in [9.17, 15) is 14.9 Å². The number of nitro benzene ring substituents is 1. The van der Waals surface area contributed by atoms with E-state index in [4.69, 9.17) is 10.00 Å². The van der Waals surface area contributed by atoms with E-state index in [2.05, 4.69) is 15.9 Å². The molecule has 2 aromatic carbocycles. The van der Waals surface area contributed by atoms with E-state index >= 15 is 0 Å². The Labute approximate surface area is 127 Å². The summed E-state index contributed by atoms with van der Waals surface area (Å²) in [5.74, 6) is 0.535. The van der Waals surface area contributed by atoms with Crippen LogP contribution in [-0.4, -0.2) is 11.2 Å². The fourth-order valence-corrected chi connectivity index (χ4v) is 1.95. The molecular weight excluding hydrogens is 340 g/mol. The highest BCUT2D eigenvalue weighted by molar-refractivity contribution is 9.10. The number of hydrogen-bond donors (Lipinski definition) is 0. The summed E-state index contributed by atoms with van der Waals surface area (Å²) in [4.78, 5) is 20.9. The van der Waals surface area contributed by atoms with Crippen molar-refractivity contribution in [1.29, 1.82) is 5.26 Å². The second-order valence-corrected chi connectivity index (χ2v) is 4.81. The quantitative estimate of drug-likeness (QED) is 0.476. The van der Waals surface area contributed by atoms with Crippen molar-refractivity contribution in [2.75, 3.05) is 0 Å². The van der Waals surface area contributed by atoms with Crippen LogP contribution in [0.2, 0.25) is 0 Å². The van der Waals surface area contributed by atoms with Crippen LogP contribution in [0, 0.1) is 21.4 Å². The molecule has 0 radical (unpaired) electrons. The van der Waals surface area contributed by atoms with Gasteiger partial charge in [0.1, 0.15) is 23.1 Å². The van der Waals surface area contributed by atoms with Crippen molar-refractivity contribution in [1.82, 2.24) is 0 Å². The maximum atomic E-state index is 10.9. The molecule has 0 aliphatic rings. The number of carbonyl (C=O) groups is 1. The molecule has 0 bridgehead atoms. The third kappa shape index (κ3) is 3.24. The Morgan fingerprint density at radius 3 is 2.67 bits per heavy atom. The number of aldehydes is 1. The van der Waals surface area contributed by atoms with Crippen molar-refractivity contribution < 1.29 is 14.5 Å². The Morgan fingerprint density at radius 1 is 1.29 bits per heavy atom. The van der Waals surface area contributed by atoms with Crippen molar-refractivity contribution in [3.05, 3.63) is 62.1 Å². The van der Waals surface area contributed by atoms with E-state index in [0.29, 0.717) is 22.1 Å². The zero-order chi connectivity index (χ0) is 15.4. The maximum absolute atomic E-state index is 10.9. The van der Waals surface area contributed by atoms with Gasteiger partial charge in [-0.1, -0.05) is 15.9 Å². The first kappa shape index (κ1) is 14.7. The van der Waals surface area contributed by atoms with Gasteiger partial charge in [-0.25, -0.2) is 0 Å². The molecule has 2 rings (SSSR count). The third-order valence-electron chi connectivity index (χ3n) is 2.62. The molecule has 6 nitrogen and oxygen atoms in total. The summed E-state index contributed by atoms with van der Waals surface area (Å²) < 4.78 is 6.13. The van der Waals surface area contributed by atoms with Crippen LogP contribution < -0.4 is 4.74 Å². The fourth-order valence-electron chi connectivity index (χ4n) is 1.61. The van der Waals surface area contributed by atoms with Gasteiger partial charge in [-0.3, -0.25) is 14.9 Å². The zero-order valence-corrected chi connectivity index (χ0v) is 12.0. The van der Waals surface area contributed by atoms with Gasteiger partial charge in [-0.05, 0) is 24.3 Å². The molecule has 21 heavy (non-hydrogen) atoms. The van der Waals surface area contributed by atoms with Gasteiger partial charge < -0.3 is 4.74 Å².